The predicted molar refractivity (Wildman–Crippen MR) is 71.8 cm³/mol. The molecule has 1 aliphatic rings. The molecule has 3 unspecified atom stereocenters. The van der Waals surface area contributed by atoms with Gasteiger partial charge in [-0.25, -0.2) is 4.79 Å². The molecule has 0 saturated carbocycles. The molecule has 3 heteroatoms. The summed E-state index contributed by atoms with van der Waals surface area (Å²) < 4.78 is 0. The molecule has 0 aromatic carbocycles. The highest BCUT2D eigenvalue weighted by Crippen LogP contribution is 2.33. The Balaban J connectivity index is 3.01. The third-order valence-electron chi connectivity index (χ3n) is 4.05. The molecule has 3 atom stereocenters. The summed E-state index contributed by atoms with van der Waals surface area (Å²) >= 11 is 0. The van der Waals surface area contributed by atoms with Gasteiger partial charge in [0.25, 0.3) is 0 Å². The molecule has 0 bridgehead atoms. The minimum absolute atomic E-state index is 0.00231. The second-order valence-corrected chi connectivity index (χ2v) is 6.35. The van der Waals surface area contributed by atoms with Gasteiger partial charge in [-0.2, -0.15) is 0 Å². The van der Waals surface area contributed by atoms with Gasteiger partial charge in [-0.05, 0) is 29.6 Å². The van der Waals surface area contributed by atoms with E-state index >= 15 is 0 Å². The van der Waals surface area contributed by atoms with Gasteiger partial charge in [0.15, 0.2) is 0 Å². The molecule has 1 aliphatic heterocycles. The Kier molecular flexibility index (Phi) is 4.84. The van der Waals surface area contributed by atoms with Crippen LogP contribution in [0.25, 0.3) is 0 Å². The van der Waals surface area contributed by atoms with Crippen LogP contribution >= 0.6 is 0 Å². The zero-order valence-corrected chi connectivity index (χ0v) is 12.1. The first-order chi connectivity index (χ1) is 7.84. The molecule has 1 heterocycles. The molecule has 2 N–H and O–H groups in total. The van der Waals surface area contributed by atoms with Gasteiger partial charge in [0.2, 0.25) is 0 Å². The van der Waals surface area contributed by atoms with Crippen molar-refractivity contribution in [3.63, 3.8) is 0 Å². The summed E-state index contributed by atoms with van der Waals surface area (Å²) in [4.78, 5) is 11.7. The van der Waals surface area contributed by atoms with E-state index in [0.717, 1.165) is 6.54 Å². The van der Waals surface area contributed by atoms with E-state index in [9.17, 15) is 4.79 Å². The quantitative estimate of drug-likeness (QED) is 0.782. The van der Waals surface area contributed by atoms with Crippen LogP contribution in [0.2, 0.25) is 0 Å². The molecule has 0 aliphatic carbocycles. The van der Waals surface area contributed by atoms with Crippen LogP contribution in [0.1, 0.15) is 41.5 Å². The van der Waals surface area contributed by atoms with E-state index < -0.39 is 0 Å². The highest BCUT2D eigenvalue weighted by molar-refractivity contribution is 5.74. The van der Waals surface area contributed by atoms with Crippen LogP contribution in [-0.2, 0) is 0 Å². The van der Waals surface area contributed by atoms with Crippen LogP contribution in [0, 0.1) is 29.6 Å². The van der Waals surface area contributed by atoms with Gasteiger partial charge in [0.1, 0.15) is 0 Å². The number of amides is 2. The van der Waals surface area contributed by atoms with E-state index in [0.29, 0.717) is 29.6 Å². The molecule has 0 radical (unpaired) electrons. The summed E-state index contributed by atoms with van der Waals surface area (Å²) in [6, 6.07) is 0.280. The molecule has 1 rings (SSSR count). The maximum Gasteiger partial charge on any atom is 0.315 e. The first-order valence-corrected chi connectivity index (χ1v) is 6.89. The van der Waals surface area contributed by atoms with Gasteiger partial charge in [0, 0.05) is 12.6 Å². The van der Waals surface area contributed by atoms with Crippen LogP contribution in [0.4, 0.5) is 4.79 Å². The van der Waals surface area contributed by atoms with Crippen LogP contribution in [-0.4, -0.2) is 18.6 Å². The summed E-state index contributed by atoms with van der Waals surface area (Å²) in [6.07, 6.45) is 0. The van der Waals surface area contributed by atoms with Gasteiger partial charge < -0.3 is 10.6 Å². The number of nitrogens with one attached hydrogen (secondary N) is 2. The van der Waals surface area contributed by atoms with Gasteiger partial charge in [0.05, 0.1) is 0 Å². The average Bonchev–Trinajstić information content (AvgIpc) is 2.36. The molecular weight excluding hydrogens is 212 g/mol. The molecule has 0 spiro atoms. The van der Waals surface area contributed by atoms with Gasteiger partial charge >= 0.3 is 6.03 Å². The van der Waals surface area contributed by atoms with Crippen molar-refractivity contribution < 1.29 is 4.79 Å². The molecule has 2 amide bonds. The number of urea groups is 1. The predicted octanol–water partition coefficient (Wildman–Crippen LogP) is 2.87. The van der Waals surface area contributed by atoms with E-state index in [-0.39, 0.29) is 12.1 Å². The van der Waals surface area contributed by atoms with Crippen molar-refractivity contribution in [2.75, 3.05) is 6.54 Å². The smallest absolute Gasteiger partial charge is 0.315 e. The van der Waals surface area contributed by atoms with Crippen molar-refractivity contribution in [3.05, 3.63) is 0 Å². The lowest BCUT2D eigenvalue weighted by Crippen LogP contribution is -2.47. The van der Waals surface area contributed by atoms with E-state index in [1.54, 1.807) is 0 Å². The SMILES string of the molecule is CC(C)C1CNC(=O)NC(C(C)C)C1C(C)C. The number of carbonyl (C=O) groups excluding carboxylic acids is 1. The van der Waals surface area contributed by atoms with Crippen LogP contribution in [0.15, 0.2) is 0 Å². The molecule has 3 nitrogen and oxygen atoms in total. The fraction of sp³-hybridized carbons (Fsp3) is 0.929. The topological polar surface area (TPSA) is 41.1 Å². The highest BCUT2D eigenvalue weighted by Gasteiger charge is 2.38. The summed E-state index contributed by atoms with van der Waals surface area (Å²) in [6.45, 7) is 14.3. The number of carbonyl (C=O) groups is 1. The van der Waals surface area contributed by atoms with E-state index in [2.05, 4.69) is 52.2 Å². The zero-order chi connectivity index (χ0) is 13.2. The molecule has 0 aromatic rings. The monoisotopic (exact) mass is 240 g/mol. The Morgan fingerprint density at radius 3 is 2.00 bits per heavy atom. The lowest BCUT2D eigenvalue weighted by Gasteiger charge is -2.38. The van der Waals surface area contributed by atoms with Crippen molar-refractivity contribution in [1.82, 2.24) is 10.6 Å². The summed E-state index contributed by atoms with van der Waals surface area (Å²) in [5, 5.41) is 6.14. The zero-order valence-electron chi connectivity index (χ0n) is 12.1. The van der Waals surface area contributed by atoms with Gasteiger partial charge in [-0.15, -0.1) is 0 Å². The van der Waals surface area contributed by atoms with Gasteiger partial charge in [-0.3, -0.25) is 0 Å². The Morgan fingerprint density at radius 1 is 1.00 bits per heavy atom. The number of hydrogen-bond donors (Lipinski definition) is 2. The van der Waals surface area contributed by atoms with Crippen molar-refractivity contribution in [2.24, 2.45) is 29.6 Å². The minimum atomic E-state index is -0.00231. The van der Waals surface area contributed by atoms with Crippen molar-refractivity contribution in [1.29, 1.82) is 0 Å². The van der Waals surface area contributed by atoms with Crippen LogP contribution in [0.3, 0.4) is 0 Å². The fourth-order valence-electron chi connectivity index (χ4n) is 3.11. The van der Waals surface area contributed by atoms with Gasteiger partial charge in [-0.1, -0.05) is 41.5 Å². The third-order valence-corrected chi connectivity index (χ3v) is 4.05. The Labute approximate surface area is 106 Å². The van der Waals surface area contributed by atoms with E-state index in [1.807, 2.05) is 0 Å². The first-order valence-electron chi connectivity index (χ1n) is 6.89. The molecule has 1 fully saturated rings. The lowest BCUT2D eigenvalue weighted by atomic mass is 9.71. The molecule has 17 heavy (non-hydrogen) atoms. The molecular formula is C14H28N2O. The minimum Gasteiger partial charge on any atom is -0.338 e. The van der Waals surface area contributed by atoms with E-state index in [4.69, 9.17) is 0 Å². The second kappa shape index (κ2) is 5.74. The number of hydrogen-bond acceptors (Lipinski definition) is 1. The van der Waals surface area contributed by atoms with Crippen LogP contribution in [0.5, 0.6) is 0 Å². The molecule has 0 aromatic heterocycles. The summed E-state index contributed by atoms with van der Waals surface area (Å²) in [5.74, 6) is 2.78. The molecule has 1 saturated heterocycles. The Hall–Kier alpha value is -0.730. The lowest BCUT2D eigenvalue weighted by molar-refractivity contribution is 0.140. The third kappa shape index (κ3) is 3.36. The van der Waals surface area contributed by atoms with Crippen molar-refractivity contribution in [2.45, 2.75) is 47.6 Å². The second-order valence-electron chi connectivity index (χ2n) is 6.35. The summed E-state index contributed by atoms with van der Waals surface area (Å²) in [5.41, 5.74) is 0. The summed E-state index contributed by atoms with van der Waals surface area (Å²) in [7, 11) is 0. The Morgan fingerprint density at radius 2 is 1.59 bits per heavy atom. The highest BCUT2D eigenvalue weighted by atomic mass is 16.2. The normalized spacial score (nSPS) is 30.4. The Bertz CT molecular complexity index is 261. The average molecular weight is 240 g/mol. The number of rotatable bonds is 3. The van der Waals surface area contributed by atoms with Crippen molar-refractivity contribution >= 4 is 6.03 Å². The maximum absolute atomic E-state index is 11.7. The largest absolute Gasteiger partial charge is 0.338 e. The van der Waals surface area contributed by atoms with E-state index in [1.165, 1.54) is 0 Å². The first kappa shape index (κ1) is 14.3. The van der Waals surface area contributed by atoms with Crippen molar-refractivity contribution in [3.8, 4) is 0 Å². The fourth-order valence-corrected chi connectivity index (χ4v) is 3.11. The maximum atomic E-state index is 11.7. The standard InChI is InChI=1S/C14H28N2O/c1-8(2)11-7-15-14(17)16-13(10(5)6)12(11)9(3)4/h8-13H,7H2,1-6H3,(H2,15,16,17). The molecule has 100 valence electrons. The van der Waals surface area contributed by atoms with Crippen LogP contribution < -0.4 is 10.6 Å².